The minimum Gasteiger partial charge on any atom is -0.463 e. The average Bonchev–Trinajstić information content (AvgIpc) is 2.71. The molecule has 1 heterocycles. The molecule has 5 atom stereocenters. The average molecular weight is 574 g/mol. The first-order valence-corrected chi connectivity index (χ1v) is 11.4. The summed E-state index contributed by atoms with van der Waals surface area (Å²) < 4.78 is 28.5. The second-order valence-corrected chi connectivity index (χ2v) is 8.67. The maximum absolute atomic E-state index is 11.8. The van der Waals surface area contributed by atoms with Gasteiger partial charge >= 0.3 is 23.9 Å². The van der Waals surface area contributed by atoms with Crippen molar-refractivity contribution in [3.8, 4) is 0 Å². The fourth-order valence-corrected chi connectivity index (χ4v) is 3.78. The van der Waals surface area contributed by atoms with Crippen LogP contribution in [0.25, 0.3) is 6.08 Å². The Morgan fingerprint density at radius 3 is 1.85 bits per heavy atom. The normalized spacial score (nSPS) is 24.7. The first kappa shape index (κ1) is 26.8. The first-order valence-electron chi connectivity index (χ1n) is 10.3. The van der Waals surface area contributed by atoms with Crippen LogP contribution in [0.2, 0.25) is 0 Å². The Morgan fingerprint density at radius 2 is 1.33 bits per heavy atom. The second-order valence-electron chi connectivity index (χ2n) is 7.43. The van der Waals surface area contributed by atoms with Crippen LogP contribution in [0, 0.1) is 3.57 Å². The van der Waals surface area contributed by atoms with Crippen LogP contribution >= 0.6 is 22.6 Å². The van der Waals surface area contributed by atoms with Gasteiger partial charge < -0.3 is 23.7 Å². The third-order valence-corrected chi connectivity index (χ3v) is 5.35. The van der Waals surface area contributed by atoms with Crippen molar-refractivity contribution in [3.05, 3.63) is 39.5 Å². The highest BCUT2D eigenvalue weighted by atomic mass is 127. The van der Waals surface area contributed by atoms with E-state index < -0.39 is 54.4 Å². The van der Waals surface area contributed by atoms with Gasteiger partial charge in [-0.1, -0.05) is 24.3 Å². The van der Waals surface area contributed by atoms with Gasteiger partial charge in [-0.15, -0.1) is 0 Å². The zero-order valence-corrected chi connectivity index (χ0v) is 21.0. The molecule has 0 radical (unpaired) electrons. The molecule has 33 heavy (non-hydrogen) atoms. The molecule has 180 valence electrons. The van der Waals surface area contributed by atoms with Crippen LogP contribution in [0.5, 0.6) is 0 Å². The van der Waals surface area contributed by atoms with Crippen molar-refractivity contribution in [1.82, 2.24) is 0 Å². The van der Waals surface area contributed by atoms with Crippen LogP contribution in [0.15, 0.2) is 30.3 Å². The Kier molecular flexibility index (Phi) is 10.3. The van der Waals surface area contributed by atoms with Gasteiger partial charge in [0.2, 0.25) is 0 Å². The first-order chi connectivity index (χ1) is 15.6. The SMILES string of the molecule is CC(=O)OC[C@H]1O[C@H](C/C=C/c2ccc(I)cc2)[C@@H](OC(C)=O)[C@@H](OC(C)=O)[C@@H]1OC(C)=O. The van der Waals surface area contributed by atoms with Gasteiger partial charge in [-0.2, -0.15) is 0 Å². The Bertz CT molecular complexity index is 880. The molecule has 0 amide bonds. The molecule has 1 aromatic rings. The summed E-state index contributed by atoms with van der Waals surface area (Å²) >= 11 is 2.21. The van der Waals surface area contributed by atoms with Gasteiger partial charge in [-0.3, -0.25) is 19.2 Å². The minimum absolute atomic E-state index is 0.241. The quantitative estimate of drug-likeness (QED) is 0.263. The van der Waals surface area contributed by atoms with E-state index in [2.05, 4.69) is 22.6 Å². The van der Waals surface area contributed by atoms with Gasteiger partial charge in [0, 0.05) is 31.3 Å². The van der Waals surface area contributed by atoms with E-state index in [-0.39, 0.29) is 13.0 Å². The molecular weight excluding hydrogens is 547 g/mol. The fraction of sp³-hybridized carbons (Fsp3) is 0.478. The molecule has 0 aliphatic carbocycles. The van der Waals surface area contributed by atoms with E-state index in [4.69, 9.17) is 23.7 Å². The zero-order valence-electron chi connectivity index (χ0n) is 18.8. The van der Waals surface area contributed by atoms with Crippen LogP contribution in [-0.4, -0.2) is 61.0 Å². The van der Waals surface area contributed by atoms with E-state index in [0.717, 1.165) is 9.13 Å². The molecule has 1 fully saturated rings. The van der Waals surface area contributed by atoms with E-state index in [1.165, 1.54) is 27.7 Å². The van der Waals surface area contributed by atoms with Crippen LogP contribution in [-0.2, 0) is 42.9 Å². The molecular formula is C23H27IO9. The van der Waals surface area contributed by atoms with E-state index in [9.17, 15) is 19.2 Å². The van der Waals surface area contributed by atoms with Gasteiger partial charge in [0.15, 0.2) is 18.3 Å². The van der Waals surface area contributed by atoms with Gasteiger partial charge in [-0.25, -0.2) is 0 Å². The summed E-state index contributed by atoms with van der Waals surface area (Å²) in [5, 5.41) is 0. The molecule has 0 bridgehead atoms. The lowest BCUT2D eigenvalue weighted by Gasteiger charge is -2.44. The van der Waals surface area contributed by atoms with E-state index >= 15 is 0 Å². The molecule has 2 rings (SSSR count). The number of carbonyl (C=O) groups excluding carboxylic acids is 4. The van der Waals surface area contributed by atoms with Crippen molar-refractivity contribution >= 4 is 52.5 Å². The lowest BCUT2D eigenvalue weighted by molar-refractivity contribution is -0.251. The minimum atomic E-state index is -1.15. The summed E-state index contributed by atoms with van der Waals surface area (Å²) in [6, 6.07) is 7.83. The number of halogens is 1. The summed E-state index contributed by atoms with van der Waals surface area (Å²) in [4.78, 5) is 46.8. The molecule has 1 aromatic carbocycles. The van der Waals surface area contributed by atoms with Gasteiger partial charge in [0.1, 0.15) is 18.8 Å². The summed E-state index contributed by atoms with van der Waals surface area (Å²) in [6.45, 7) is 4.59. The predicted molar refractivity (Wildman–Crippen MR) is 125 cm³/mol. The number of rotatable bonds is 8. The largest absolute Gasteiger partial charge is 0.463 e. The molecule has 10 heteroatoms. The molecule has 1 saturated heterocycles. The summed E-state index contributed by atoms with van der Waals surface area (Å²) in [5.74, 6) is -2.49. The monoisotopic (exact) mass is 574 g/mol. The van der Waals surface area contributed by atoms with Crippen molar-refractivity contribution in [2.75, 3.05) is 6.61 Å². The van der Waals surface area contributed by atoms with Gasteiger partial charge in [0.25, 0.3) is 0 Å². The number of benzene rings is 1. The second kappa shape index (κ2) is 12.7. The maximum atomic E-state index is 11.8. The molecule has 1 aliphatic rings. The molecule has 0 N–H and O–H groups in total. The molecule has 0 unspecified atom stereocenters. The smallest absolute Gasteiger partial charge is 0.303 e. The Labute approximate surface area is 205 Å². The highest BCUT2D eigenvalue weighted by molar-refractivity contribution is 14.1. The fourth-order valence-electron chi connectivity index (χ4n) is 3.42. The van der Waals surface area contributed by atoms with Gasteiger partial charge in [0.05, 0.1) is 0 Å². The molecule has 9 nitrogen and oxygen atoms in total. The molecule has 1 aliphatic heterocycles. The van der Waals surface area contributed by atoms with Crippen molar-refractivity contribution in [1.29, 1.82) is 0 Å². The maximum Gasteiger partial charge on any atom is 0.303 e. The van der Waals surface area contributed by atoms with Crippen molar-refractivity contribution < 1.29 is 42.9 Å². The van der Waals surface area contributed by atoms with Crippen molar-refractivity contribution in [2.45, 2.75) is 64.6 Å². The molecule has 0 spiro atoms. The van der Waals surface area contributed by atoms with Crippen LogP contribution in [0.1, 0.15) is 39.7 Å². The number of ether oxygens (including phenoxy) is 5. The van der Waals surface area contributed by atoms with E-state index in [1.807, 2.05) is 36.4 Å². The topological polar surface area (TPSA) is 114 Å². The number of esters is 4. The van der Waals surface area contributed by atoms with Crippen molar-refractivity contribution in [2.24, 2.45) is 0 Å². The van der Waals surface area contributed by atoms with Crippen LogP contribution in [0.3, 0.4) is 0 Å². The van der Waals surface area contributed by atoms with E-state index in [1.54, 1.807) is 0 Å². The number of hydrogen-bond donors (Lipinski definition) is 0. The summed E-state index contributed by atoms with van der Waals surface area (Å²) in [6.07, 6.45) is -1.05. The number of hydrogen-bond acceptors (Lipinski definition) is 9. The molecule has 0 saturated carbocycles. The zero-order chi connectivity index (χ0) is 24.5. The third kappa shape index (κ3) is 8.77. The van der Waals surface area contributed by atoms with Crippen LogP contribution < -0.4 is 0 Å². The lowest BCUT2D eigenvalue weighted by atomic mass is 9.92. The molecule has 0 aromatic heterocycles. The third-order valence-electron chi connectivity index (χ3n) is 4.64. The van der Waals surface area contributed by atoms with Crippen LogP contribution in [0.4, 0.5) is 0 Å². The summed E-state index contributed by atoms with van der Waals surface area (Å²) in [5.41, 5.74) is 0.959. The predicted octanol–water partition coefficient (Wildman–Crippen LogP) is 2.82. The number of carbonyl (C=O) groups is 4. The highest BCUT2D eigenvalue weighted by Crippen LogP contribution is 2.31. The Balaban J connectivity index is 2.35. The van der Waals surface area contributed by atoms with Crippen molar-refractivity contribution in [3.63, 3.8) is 0 Å². The standard InChI is InChI=1S/C23H27IO9/c1-13(25)29-12-20-22(31-15(3)27)23(32-16(4)28)21(30-14(2)26)19(33-20)7-5-6-17-8-10-18(24)11-9-17/h5-6,8-11,19-23H,7,12H2,1-4H3/b6-5+/t19-,20-,21-,22-,23-/m1/s1. The van der Waals surface area contributed by atoms with Gasteiger partial charge in [-0.05, 0) is 46.7 Å². The summed E-state index contributed by atoms with van der Waals surface area (Å²) in [7, 11) is 0. The highest BCUT2D eigenvalue weighted by Gasteiger charge is 2.51. The van der Waals surface area contributed by atoms with E-state index in [0.29, 0.717) is 0 Å². The Morgan fingerprint density at radius 1 is 0.818 bits per heavy atom. The Hall–Kier alpha value is -2.47. The lowest BCUT2D eigenvalue weighted by Crippen LogP contribution is -2.62.